The maximum absolute atomic E-state index is 11.6. The number of nitrogens with one attached hydrogen (secondary N) is 1. The van der Waals surface area contributed by atoms with E-state index in [0.29, 0.717) is 6.42 Å². The Morgan fingerprint density at radius 1 is 1.00 bits per heavy atom. The van der Waals surface area contributed by atoms with E-state index >= 15 is 0 Å². The van der Waals surface area contributed by atoms with Gasteiger partial charge < -0.3 is 0 Å². The molecule has 19 heavy (non-hydrogen) atoms. The molecule has 2 aromatic rings. The minimum atomic E-state index is -0.0731. The summed E-state index contributed by atoms with van der Waals surface area (Å²) in [6.45, 7) is 0. The van der Waals surface area contributed by atoms with E-state index < -0.39 is 0 Å². The molecule has 0 radical (unpaired) electrons. The molecule has 0 bridgehead atoms. The summed E-state index contributed by atoms with van der Waals surface area (Å²) in [5, 5.41) is 3.93. The zero-order chi connectivity index (χ0) is 13.3. The maximum Gasteiger partial charge on any atom is 0.240 e. The van der Waals surface area contributed by atoms with Gasteiger partial charge in [0.1, 0.15) is 0 Å². The van der Waals surface area contributed by atoms with Gasteiger partial charge in [0.25, 0.3) is 0 Å². The molecule has 0 saturated heterocycles. The molecular formula is C16H16N2O. The molecule has 2 rings (SSSR count). The second kappa shape index (κ2) is 7.11. The van der Waals surface area contributed by atoms with Crippen LogP contribution in [0.15, 0.2) is 65.8 Å². The van der Waals surface area contributed by atoms with Crippen molar-refractivity contribution in [2.75, 3.05) is 0 Å². The summed E-state index contributed by atoms with van der Waals surface area (Å²) in [4.78, 5) is 11.6. The molecule has 0 aromatic heterocycles. The zero-order valence-corrected chi connectivity index (χ0v) is 10.6. The third-order valence-electron chi connectivity index (χ3n) is 2.69. The number of rotatable bonds is 5. The highest BCUT2D eigenvalue weighted by Gasteiger charge is 1.99. The van der Waals surface area contributed by atoms with Crippen LogP contribution in [0.5, 0.6) is 0 Å². The van der Waals surface area contributed by atoms with Gasteiger partial charge in [-0.3, -0.25) is 4.79 Å². The lowest BCUT2D eigenvalue weighted by molar-refractivity contribution is -0.121. The second-order valence-corrected chi connectivity index (χ2v) is 4.19. The van der Waals surface area contributed by atoms with Crippen LogP contribution in [-0.4, -0.2) is 12.1 Å². The largest absolute Gasteiger partial charge is 0.273 e. The van der Waals surface area contributed by atoms with E-state index in [1.165, 1.54) is 0 Å². The molecule has 3 heteroatoms. The Bertz CT molecular complexity index is 535. The van der Waals surface area contributed by atoms with Crippen molar-refractivity contribution in [3.05, 3.63) is 71.8 Å². The summed E-state index contributed by atoms with van der Waals surface area (Å²) in [5.41, 5.74) is 4.65. The van der Waals surface area contributed by atoms with E-state index in [-0.39, 0.29) is 5.91 Å². The van der Waals surface area contributed by atoms with Gasteiger partial charge in [-0.1, -0.05) is 60.7 Å². The van der Waals surface area contributed by atoms with Crippen LogP contribution >= 0.6 is 0 Å². The quantitative estimate of drug-likeness (QED) is 0.645. The Kier molecular flexibility index (Phi) is 4.87. The van der Waals surface area contributed by atoms with Crippen LogP contribution in [0.25, 0.3) is 0 Å². The van der Waals surface area contributed by atoms with Crippen LogP contribution in [0.2, 0.25) is 0 Å². The molecule has 0 saturated carbocycles. The lowest BCUT2D eigenvalue weighted by Crippen LogP contribution is -2.17. The first-order valence-electron chi connectivity index (χ1n) is 6.25. The van der Waals surface area contributed by atoms with Gasteiger partial charge in [-0.15, -0.1) is 0 Å². The van der Waals surface area contributed by atoms with Gasteiger partial charge in [-0.05, 0) is 17.5 Å². The molecule has 0 fully saturated rings. The van der Waals surface area contributed by atoms with Gasteiger partial charge in [0.2, 0.25) is 5.91 Å². The number of carbonyl (C=O) groups excluding carboxylic acids is 1. The summed E-state index contributed by atoms with van der Waals surface area (Å²) in [6, 6.07) is 19.6. The van der Waals surface area contributed by atoms with Crippen molar-refractivity contribution in [3.8, 4) is 0 Å². The molecule has 0 heterocycles. The first kappa shape index (κ1) is 13.0. The summed E-state index contributed by atoms with van der Waals surface area (Å²) in [5.74, 6) is -0.0731. The van der Waals surface area contributed by atoms with Crippen molar-refractivity contribution in [1.82, 2.24) is 5.43 Å². The molecule has 1 amide bonds. The Labute approximate surface area is 113 Å². The lowest BCUT2D eigenvalue weighted by atomic mass is 10.1. The standard InChI is InChI=1S/C16H16N2O/c19-16(12-11-14-7-3-1-4-8-14)18-17-13-15-9-5-2-6-10-15/h1-10,13H,11-12H2,(H,18,19). The van der Waals surface area contributed by atoms with Crippen LogP contribution in [0.1, 0.15) is 17.5 Å². The summed E-state index contributed by atoms with van der Waals surface area (Å²) >= 11 is 0. The van der Waals surface area contributed by atoms with Gasteiger partial charge in [0, 0.05) is 6.42 Å². The van der Waals surface area contributed by atoms with Crippen molar-refractivity contribution < 1.29 is 4.79 Å². The zero-order valence-electron chi connectivity index (χ0n) is 10.6. The van der Waals surface area contributed by atoms with Gasteiger partial charge in [-0.25, -0.2) is 5.43 Å². The van der Waals surface area contributed by atoms with Gasteiger partial charge in [0.05, 0.1) is 6.21 Å². The molecule has 0 aliphatic heterocycles. The highest BCUT2D eigenvalue weighted by Crippen LogP contribution is 2.02. The van der Waals surface area contributed by atoms with Crippen LogP contribution in [0, 0.1) is 0 Å². The lowest BCUT2D eigenvalue weighted by Gasteiger charge is -2.00. The Morgan fingerprint density at radius 2 is 1.63 bits per heavy atom. The number of aryl methyl sites for hydroxylation is 1. The number of amides is 1. The number of hydrogen-bond donors (Lipinski definition) is 1. The van der Waals surface area contributed by atoms with Gasteiger partial charge in [-0.2, -0.15) is 5.10 Å². The third-order valence-corrected chi connectivity index (χ3v) is 2.69. The number of carbonyl (C=O) groups is 1. The van der Waals surface area contributed by atoms with Crippen molar-refractivity contribution in [2.24, 2.45) is 5.10 Å². The normalized spacial score (nSPS) is 10.5. The highest BCUT2D eigenvalue weighted by atomic mass is 16.2. The molecule has 0 unspecified atom stereocenters. The predicted molar refractivity (Wildman–Crippen MR) is 76.9 cm³/mol. The summed E-state index contributed by atoms with van der Waals surface area (Å²) in [6.07, 6.45) is 2.81. The van der Waals surface area contributed by atoms with E-state index in [1.807, 2.05) is 60.7 Å². The fourth-order valence-corrected chi connectivity index (χ4v) is 1.68. The van der Waals surface area contributed by atoms with E-state index in [4.69, 9.17) is 0 Å². The second-order valence-electron chi connectivity index (χ2n) is 4.19. The topological polar surface area (TPSA) is 41.5 Å². The molecule has 0 aliphatic rings. The highest BCUT2D eigenvalue weighted by molar-refractivity contribution is 5.82. The minimum Gasteiger partial charge on any atom is -0.273 e. The van der Waals surface area contributed by atoms with Crippen molar-refractivity contribution in [2.45, 2.75) is 12.8 Å². The van der Waals surface area contributed by atoms with Crippen molar-refractivity contribution >= 4 is 12.1 Å². The first-order valence-corrected chi connectivity index (χ1v) is 6.25. The molecule has 1 N–H and O–H groups in total. The van der Waals surface area contributed by atoms with Crippen LogP contribution in [0.3, 0.4) is 0 Å². The van der Waals surface area contributed by atoms with E-state index in [0.717, 1.165) is 17.5 Å². The number of nitrogens with zero attached hydrogens (tertiary/aromatic N) is 1. The average Bonchev–Trinajstić information content (AvgIpc) is 2.47. The summed E-state index contributed by atoms with van der Waals surface area (Å²) in [7, 11) is 0. The monoisotopic (exact) mass is 252 g/mol. The number of hydrogen-bond acceptors (Lipinski definition) is 2. The maximum atomic E-state index is 11.6. The van der Waals surface area contributed by atoms with Crippen molar-refractivity contribution in [1.29, 1.82) is 0 Å². The Balaban J connectivity index is 1.75. The SMILES string of the molecule is O=C(CCc1ccccc1)NN=Cc1ccccc1. The number of benzene rings is 2. The molecule has 0 atom stereocenters. The number of hydrazone groups is 1. The molecule has 2 aromatic carbocycles. The van der Waals surface area contributed by atoms with Crippen LogP contribution in [0.4, 0.5) is 0 Å². The Hall–Kier alpha value is -2.42. The minimum absolute atomic E-state index is 0.0731. The fourth-order valence-electron chi connectivity index (χ4n) is 1.68. The average molecular weight is 252 g/mol. The molecule has 3 nitrogen and oxygen atoms in total. The first-order chi connectivity index (χ1) is 9.34. The van der Waals surface area contributed by atoms with Gasteiger partial charge in [0.15, 0.2) is 0 Å². The molecule has 0 spiro atoms. The predicted octanol–water partition coefficient (Wildman–Crippen LogP) is 2.77. The molecule has 0 aliphatic carbocycles. The van der Waals surface area contributed by atoms with E-state index in [9.17, 15) is 4.79 Å². The molecule has 96 valence electrons. The third kappa shape index (κ3) is 4.76. The smallest absolute Gasteiger partial charge is 0.240 e. The van der Waals surface area contributed by atoms with Crippen LogP contribution < -0.4 is 5.43 Å². The van der Waals surface area contributed by atoms with Gasteiger partial charge >= 0.3 is 0 Å². The van der Waals surface area contributed by atoms with E-state index in [2.05, 4.69) is 10.5 Å². The summed E-state index contributed by atoms with van der Waals surface area (Å²) < 4.78 is 0. The van der Waals surface area contributed by atoms with Crippen molar-refractivity contribution in [3.63, 3.8) is 0 Å². The molecular weight excluding hydrogens is 236 g/mol. The fraction of sp³-hybridized carbons (Fsp3) is 0.125. The van der Waals surface area contributed by atoms with Crippen LogP contribution in [-0.2, 0) is 11.2 Å². The Morgan fingerprint density at radius 3 is 2.32 bits per heavy atom. The van der Waals surface area contributed by atoms with E-state index in [1.54, 1.807) is 6.21 Å².